The fourth-order valence-corrected chi connectivity index (χ4v) is 2.18. The third-order valence-electron chi connectivity index (χ3n) is 3.45. The van der Waals surface area contributed by atoms with Gasteiger partial charge >= 0.3 is 12.1 Å². The van der Waals surface area contributed by atoms with Crippen molar-refractivity contribution in [3.05, 3.63) is 53.6 Å². The predicted molar refractivity (Wildman–Crippen MR) is 82.5 cm³/mol. The maximum Gasteiger partial charge on any atom is 0.416 e. The fraction of sp³-hybridized carbons (Fsp3) is 0.235. The van der Waals surface area contributed by atoms with E-state index in [2.05, 4.69) is 0 Å². The van der Waals surface area contributed by atoms with E-state index in [0.29, 0.717) is 16.7 Å². The normalized spacial score (nSPS) is 11.2. The molecule has 0 radical (unpaired) electrons. The largest absolute Gasteiger partial charge is 0.465 e. The highest BCUT2D eigenvalue weighted by Gasteiger charge is 2.30. The van der Waals surface area contributed by atoms with Crippen molar-refractivity contribution < 1.29 is 22.7 Å². The van der Waals surface area contributed by atoms with Crippen LogP contribution < -0.4 is 4.90 Å². The Hall–Kier alpha value is -2.50. The van der Waals surface area contributed by atoms with Crippen LogP contribution in [0, 0.1) is 0 Å². The molecule has 3 nitrogen and oxygen atoms in total. The van der Waals surface area contributed by atoms with Crippen molar-refractivity contribution in [2.24, 2.45) is 0 Å². The molecule has 0 atom stereocenters. The Morgan fingerprint density at radius 2 is 1.65 bits per heavy atom. The first-order valence-electron chi connectivity index (χ1n) is 6.81. The van der Waals surface area contributed by atoms with Gasteiger partial charge in [0.1, 0.15) is 0 Å². The number of anilines is 1. The van der Waals surface area contributed by atoms with Crippen LogP contribution in [-0.4, -0.2) is 27.2 Å². The average molecular weight is 323 g/mol. The zero-order valence-corrected chi connectivity index (χ0v) is 12.9. The maximum absolute atomic E-state index is 12.7. The van der Waals surface area contributed by atoms with E-state index in [1.165, 1.54) is 19.2 Å². The van der Waals surface area contributed by atoms with Gasteiger partial charge in [-0.1, -0.05) is 12.1 Å². The quantitative estimate of drug-likeness (QED) is 0.792. The first kappa shape index (κ1) is 16.9. The Balaban J connectivity index is 2.55. The summed E-state index contributed by atoms with van der Waals surface area (Å²) in [5, 5.41) is 0. The number of methoxy groups -OCH3 is 1. The van der Waals surface area contributed by atoms with Gasteiger partial charge in [0.05, 0.1) is 18.2 Å². The number of rotatable bonds is 3. The molecule has 0 amide bonds. The second-order valence-electron chi connectivity index (χ2n) is 5.19. The van der Waals surface area contributed by atoms with Gasteiger partial charge in [-0.2, -0.15) is 13.2 Å². The smallest absolute Gasteiger partial charge is 0.416 e. The first-order valence-corrected chi connectivity index (χ1v) is 6.81. The highest BCUT2D eigenvalue weighted by atomic mass is 19.4. The maximum atomic E-state index is 12.7. The third-order valence-corrected chi connectivity index (χ3v) is 3.45. The van der Waals surface area contributed by atoms with E-state index in [4.69, 9.17) is 4.74 Å². The number of halogens is 3. The molecule has 23 heavy (non-hydrogen) atoms. The van der Waals surface area contributed by atoms with E-state index in [0.717, 1.165) is 17.8 Å². The number of alkyl halides is 3. The van der Waals surface area contributed by atoms with Gasteiger partial charge in [0, 0.05) is 19.8 Å². The zero-order valence-electron chi connectivity index (χ0n) is 12.9. The summed E-state index contributed by atoms with van der Waals surface area (Å²) in [6.45, 7) is 0. The SMILES string of the molecule is COC(=O)c1ccc(N(C)C)cc1-c1ccc(C(F)(F)F)cc1. The molecule has 0 spiro atoms. The number of ether oxygens (including phenoxy) is 1. The number of hydrogen-bond acceptors (Lipinski definition) is 3. The Morgan fingerprint density at radius 3 is 2.13 bits per heavy atom. The van der Waals surface area contributed by atoms with Crippen LogP contribution in [0.1, 0.15) is 15.9 Å². The van der Waals surface area contributed by atoms with Crippen molar-refractivity contribution >= 4 is 11.7 Å². The van der Waals surface area contributed by atoms with Gasteiger partial charge in [-0.25, -0.2) is 4.79 Å². The van der Waals surface area contributed by atoms with Crippen LogP contribution in [0.3, 0.4) is 0 Å². The number of esters is 1. The average Bonchev–Trinajstić information content (AvgIpc) is 2.52. The van der Waals surface area contributed by atoms with E-state index < -0.39 is 17.7 Å². The lowest BCUT2D eigenvalue weighted by molar-refractivity contribution is -0.137. The zero-order chi connectivity index (χ0) is 17.2. The molecule has 0 aliphatic heterocycles. The number of hydrogen-bond donors (Lipinski definition) is 0. The highest BCUT2D eigenvalue weighted by molar-refractivity contribution is 5.98. The van der Waals surface area contributed by atoms with Crippen LogP contribution in [0.15, 0.2) is 42.5 Å². The summed E-state index contributed by atoms with van der Waals surface area (Å²) in [6.07, 6.45) is -4.39. The van der Waals surface area contributed by atoms with Gasteiger partial charge in [-0.05, 0) is 41.5 Å². The van der Waals surface area contributed by atoms with E-state index >= 15 is 0 Å². The molecule has 0 fully saturated rings. The van der Waals surface area contributed by atoms with Crippen molar-refractivity contribution in [3.63, 3.8) is 0 Å². The van der Waals surface area contributed by atoms with Gasteiger partial charge in [-0.15, -0.1) is 0 Å². The molecular formula is C17H16F3NO2. The van der Waals surface area contributed by atoms with Crippen molar-refractivity contribution in [2.45, 2.75) is 6.18 Å². The summed E-state index contributed by atoms with van der Waals surface area (Å²) in [5.41, 5.74) is 1.44. The number of carbonyl (C=O) groups excluding carboxylic acids is 1. The lowest BCUT2D eigenvalue weighted by Gasteiger charge is -2.16. The molecule has 2 rings (SSSR count). The van der Waals surface area contributed by atoms with Crippen LogP contribution in [0.4, 0.5) is 18.9 Å². The monoisotopic (exact) mass is 323 g/mol. The predicted octanol–water partition coefficient (Wildman–Crippen LogP) is 4.23. The molecule has 0 N–H and O–H groups in total. The Kier molecular flexibility index (Phi) is 4.63. The Bertz CT molecular complexity index is 707. The molecule has 0 unspecified atom stereocenters. The molecule has 6 heteroatoms. The molecule has 0 saturated carbocycles. The minimum absolute atomic E-state index is 0.304. The lowest BCUT2D eigenvalue weighted by atomic mass is 9.97. The minimum atomic E-state index is -4.39. The first-order chi connectivity index (χ1) is 10.7. The van der Waals surface area contributed by atoms with Crippen LogP contribution in [0.5, 0.6) is 0 Å². The van der Waals surface area contributed by atoms with Crippen molar-refractivity contribution in [2.75, 3.05) is 26.1 Å². The van der Waals surface area contributed by atoms with E-state index in [1.54, 1.807) is 18.2 Å². The molecule has 2 aromatic carbocycles. The van der Waals surface area contributed by atoms with Crippen molar-refractivity contribution in [3.8, 4) is 11.1 Å². The molecule has 0 aliphatic rings. The summed E-state index contributed by atoms with van der Waals surface area (Å²) >= 11 is 0. The number of nitrogens with zero attached hydrogens (tertiary/aromatic N) is 1. The Morgan fingerprint density at radius 1 is 1.04 bits per heavy atom. The number of carbonyl (C=O) groups is 1. The number of benzene rings is 2. The fourth-order valence-electron chi connectivity index (χ4n) is 2.18. The molecular weight excluding hydrogens is 307 g/mol. The van der Waals surface area contributed by atoms with Gasteiger partial charge < -0.3 is 9.64 Å². The molecule has 0 heterocycles. The molecule has 0 saturated heterocycles. The molecule has 0 aromatic heterocycles. The summed E-state index contributed by atoms with van der Waals surface area (Å²) in [4.78, 5) is 13.7. The van der Waals surface area contributed by atoms with Crippen LogP contribution in [0.25, 0.3) is 11.1 Å². The second kappa shape index (κ2) is 6.32. The van der Waals surface area contributed by atoms with Crippen LogP contribution in [-0.2, 0) is 10.9 Å². The third kappa shape index (κ3) is 3.64. The Labute approximate surface area is 132 Å². The highest BCUT2D eigenvalue weighted by Crippen LogP contribution is 2.33. The summed E-state index contributed by atoms with van der Waals surface area (Å²) in [5.74, 6) is -0.537. The standard InChI is InChI=1S/C17H16F3NO2/c1-21(2)13-8-9-14(16(22)23-3)15(10-13)11-4-6-12(7-5-11)17(18,19)20/h4-10H,1-3H3. The summed E-state index contributed by atoms with van der Waals surface area (Å²) < 4.78 is 42.8. The second-order valence-corrected chi connectivity index (χ2v) is 5.19. The molecule has 122 valence electrons. The van der Waals surface area contributed by atoms with E-state index in [9.17, 15) is 18.0 Å². The summed E-state index contributed by atoms with van der Waals surface area (Å²) in [7, 11) is 4.94. The molecule has 2 aromatic rings. The van der Waals surface area contributed by atoms with Gasteiger partial charge in [0.2, 0.25) is 0 Å². The topological polar surface area (TPSA) is 29.5 Å². The minimum Gasteiger partial charge on any atom is -0.465 e. The van der Waals surface area contributed by atoms with E-state index in [1.807, 2.05) is 19.0 Å². The van der Waals surface area contributed by atoms with Crippen LogP contribution in [0.2, 0.25) is 0 Å². The van der Waals surface area contributed by atoms with Gasteiger partial charge in [-0.3, -0.25) is 0 Å². The van der Waals surface area contributed by atoms with E-state index in [-0.39, 0.29) is 0 Å². The molecule has 0 aliphatic carbocycles. The molecule has 0 bridgehead atoms. The van der Waals surface area contributed by atoms with Gasteiger partial charge in [0.25, 0.3) is 0 Å². The van der Waals surface area contributed by atoms with Crippen LogP contribution >= 0.6 is 0 Å². The van der Waals surface area contributed by atoms with Crippen molar-refractivity contribution in [1.29, 1.82) is 0 Å². The van der Waals surface area contributed by atoms with Crippen molar-refractivity contribution in [1.82, 2.24) is 0 Å². The van der Waals surface area contributed by atoms with Gasteiger partial charge in [0.15, 0.2) is 0 Å². The summed E-state index contributed by atoms with van der Waals surface area (Å²) in [6, 6.07) is 9.80. The lowest BCUT2D eigenvalue weighted by Crippen LogP contribution is -2.10.